The lowest BCUT2D eigenvalue weighted by Crippen LogP contribution is -2.31. The Bertz CT molecular complexity index is 1510. The van der Waals surface area contributed by atoms with Gasteiger partial charge in [0.1, 0.15) is 18.2 Å². The lowest BCUT2D eigenvalue weighted by molar-refractivity contribution is -0.132. The number of methoxy groups -OCH3 is 3. The van der Waals surface area contributed by atoms with Gasteiger partial charge in [-0.05, 0) is 42.0 Å². The molecule has 1 saturated heterocycles. The minimum absolute atomic E-state index is 0.0686. The van der Waals surface area contributed by atoms with Gasteiger partial charge < -0.3 is 33.6 Å². The smallest absolute Gasteiger partial charge is 0.355 e. The van der Waals surface area contributed by atoms with Crippen LogP contribution in [0.15, 0.2) is 23.4 Å². The van der Waals surface area contributed by atoms with Crippen LogP contribution in [0.5, 0.6) is 17.2 Å². The van der Waals surface area contributed by atoms with Crippen molar-refractivity contribution >= 4 is 29.0 Å². The van der Waals surface area contributed by atoms with Gasteiger partial charge in [-0.15, -0.1) is 0 Å². The van der Waals surface area contributed by atoms with Crippen LogP contribution in [-0.2, 0) is 26.3 Å². The molecule has 2 aromatic carbocycles. The molecule has 0 bridgehead atoms. The van der Waals surface area contributed by atoms with Crippen LogP contribution < -0.4 is 19.1 Å². The largest absolute Gasteiger partial charge is 0.493 e. The zero-order chi connectivity index (χ0) is 31.8. The molecule has 0 saturated carbocycles. The normalized spacial score (nSPS) is 17.8. The van der Waals surface area contributed by atoms with Crippen molar-refractivity contribution in [1.29, 1.82) is 5.41 Å². The number of nitrogens with one attached hydrogen (secondary N) is 1. The van der Waals surface area contributed by atoms with E-state index in [1.54, 1.807) is 11.0 Å². The maximum Gasteiger partial charge on any atom is 0.355 e. The zero-order valence-electron chi connectivity index (χ0n) is 26.0. The van der Waals surface area contributed by atoms with Crippen molar-refractivity contribution in [2.24, 2.45) is 5.16 Å². The summed E-state index contributed by atoms with van der Waals surface area (Å²) >= 11 is 0. The van der Waals surface area contributed by atoms with Crippen LogP contribution in [0.4, 0.5) is 10.1 Å². The van der Waals surface area contributed by atoms with E-state index in [0.717, 1.165) is 37.2 Å². The summed E-state index contributed by atoms with van der Waals surface area (Å²) in [5.74, 6) is -0.651. The first-order chi connectivity index (χ1) is 21.0. The molecule has 0 radical (unpaired) electrons. The Kier molecular flexibility index (Phi) is 8.71. The molecular weight excluding hydrogens is 571 g/mol. The number of rotatable bonds is 10. The van der Waals surface area contributed by atoms with Gasteiger partial charge in [0.25, 0.3) is 0 Å². The number of hydrogen-bond acceptors (Lipinski definition) is 10. The Morgan fingerprint density at radius 1 is 1.09 bits per heavy atom. The molecule has 1 unspecified atom stereocenters. The van der Waals surface area contributed by atoms with Gasteiger partial charge in [-0.3, -0.25) is 10.2 Å². The molecule has 2 aromatic rings. The highest BCUT2D eigenvalue weighted by atomic mass is 19.1. The minimum Gasteiger partial charge on any atom is -0.493 e. The van der Waals surface area contributed by atoms with E-state index >= 15 is 4.39 Å². The Hall–Kier alpha value is -4.35. The highest BCUT2D eigenvalue weighted by Gasteiger charge is 2.35. The quantitative estimate of drug-likeness (QED) is 0.307. The molecule has 0 aliphatic carbocycles. The SMILES string of the molecule is COC(=O)C1=NOC(COc2c(N3CCCC3)cc(C(=O)CN3Cc4cc(OC)c(OC)c(F)c4C3=N)cc2C(C)(C)C)C1. The molecule has 11 nitrogen and oxygen atoms in total. The Morgan fingerprint density at radius 2 is 1.82 bits per heavy atom. The van der Waals surface area contributed by atoms with Gasteiger partial charge in [0.15, 0.2) is 34.9 Å². The standard InChI is InChI=1S/C32H39FN4O7/c1-32(2,3)21-11-18(24(38)16-37-15-19-13-25(40-4)29(41-5)27(33)26(19)30(37)34)12-23(36-9-7-8-10-36)28(21)43-17-20-14-22(35-44-20)31(39)42-6/h11-13,20,34H,7-10,14-17H2,1-6H3. The van der Waals surface area contributed by atoms with Crippen LogP contribution in [0.2, 0.25) is 0 Å². The van der Waals surface area contributed by atoms with E-state index in [1.807, 2.05) is 12.1 Å². The molecule has 12 heteroatoms. The number of nitrogens with zero attached hydrogens (tertiary/aromatic N) is 3. The molecule has 3 heterocycles. The second kappa shape index (κ2) is 12.3. The number of anilines is 1. The zero-order valence-corrected chi connectivity index (χ0v) is 26.0. The van der Waals surface area contributed by atoms with E-state index in [0.29, 0.717) is 16.9 Å². The summed E-state index contributed by atoms with van der Waals surface area (Å²) in [6.07, 6.45) is 1.86. The molecule has 1 atom stereocenters. The fourth-order valence-corrected chi connectivity index (χ4v) is 5.83. The van der Waals surface area contributed by atoms with E-state index in [1.165, 1.54) is 21.3 Å². The molecule has 5 rings (SSSR count). The van der Waals surface area contributed by atoms with Crippen LogP contribution in [-0.4, -0.2) is 81.9 Å². The first kappa shape index (κ1) is 31.1. The van der Waals surface area contributed by atoms with Gasteiger partial charge in [-0.25, -0.2) is 9.18 Å². The number of fused-ring (bicyclic) bond motifs is 1. The number of carbonyl (C=O) groups is 2. The summed E-state index contributed by atoms with van der Waals surface area (Å²) in [6, 6.07) is 5.35. The molecular formula is C32H39FN4O7. The molecule has 1 N–H and O–H groups in total. The van der Waals surface area contributed by atoms with Crippen molar-refractivity contribution < 1.29 is 37.8 Å². The van der Waals surface area contributed by atoms with Crippen molar-refractivity contribution in [3.8, 4) is 17.2 Å². The summed E-state index contributed by atoms with van der Waals surface area (Å²) in [4.78, 5) is 34.9. The number of ketones is 1. The number of Topliss-reactive ketones (excluding diaryl/α,β-unsaturated/α-hetero) is 1. The highest BCUT2D eigenvalue weighted by Crippen LogP contribution is 2.42. The number of hydrogen-bond donors (Lipinski definition) is 1. The lowest BCUT2D eigenvalue weighted by Gasteiger charge is -2.30. The molecule has 3 aliphatic rings. The summed E-state index contributed by atoms with van der Waals surface area (Å²) in [5, 5.41) is 12.5. The molecule has 1 fully saturated rings. The van der Waals surface area contributed by atoms with Gasteiger partial charge in [-0.1, -0.05) is 25.9 Å². The fraction of sp³-hybridized carbons (Fsp3) is 0.500. The number of benzene rings is 2. The van der Waals surface area contributed by atoms with Crippen LogP contribution >= 0.6 is 0 Å². The number of halogens is 1. The van der Waals surface area contributed by atoms with Crippen molar-refractivity contribution in [3.63, 3.8) is 0 Å². The second-order valence-electron chi connectivity index (χ2n) is 12.2. The molecule has 3 aliphatic heterocycles. The third kappa shape index (κ3) is 5.89. The van der Waals surface area contributed by atoms with Gasteiger partial charge in [0.2, 0.25) is 0 Å². The lowest BCUT2D eigenvalue weighted by atomic mass is 9.84. The first-order valence-corrected chi connectivity index (χ1v) is 14.6. The summed E-state index contributed by atoms with van der Waals surface area (Å²) in [7, 11) is 4.07. The van der Waals surface area contributed by atoms with Gasteiger partial charge >= 0.3 is 5.97 Å². The van der Waals surface area contributed by atoms with Crippen molar-refractivity contribution in [2.75, 3.05) is 52.5 Å². The third-order valence-electron chi connectivity index (χ3n) is 8.16. The fourth-order valence-electron chi connectivity index (χ4n) is 5.83. The van der Waals surface area contributed by atoms with Crippen LogP contribution in [0.1, 0.15) is 67.1 Å². The van der Waals surface area contributed by atoms with Crippen molar-refractivity contribution in [1.82, 2.24) is 4.90 Å². The Balaban J connectivity index is 1.42. The average molecular weight is 611 g/mol. The maximum atomic E-state index is 15.3. The topological polar surface area (TPSA) is 123 Å². The molecule has 0 aromatic heterocycles. The van der Waals surface area contributed by atoms with E-state index in [2.05, 4.69) is 30.8 Å². The highest BCUT2D eigenvalue weighted by molar-refractivity contribution is 6.36. The maximum absolute atomic E-state index is 15.3. The van der Waals surface area contributed by atoms with E-state index in [9.17, 15) is 9.59 Å². The predicted octanol–water partition coefficient (Wildman–Crippen LogP) is 4.46. The van der Waals surface area contributed by atoms with Crippen molar-refractivity contribution in [2.45, 2.75) is 58.1 Å². The number of carbonyl (C=O) groups excluding carboxylic acids is 2. The average Bonchev–Trinajstić information content (AvgIpc) is 3.76. The van der Waals surface area contributed by atoms with Crippen LogP contribution in [0.3, 0.4) is 0 Å². The number of esters is 1. The number of amidine groups is 1. The number of ether oxygens (including phenoxy) is 4. The van der Waals surface area contributed by atoms with Gasteiger partial charge in [0, 0.05) is 37.2 Å². The monoisotopic (exact) mass is 610 g/mol. The van der Waals surface area contributed by atoms with Crippen LogP contribution in [0, 0.1) is 11.2 Å². The van der Waals surface area contributed by atoms with E-state index in [-0.39, 0.29) is 60.5 Å². The van der Waals surface area contributed by atoms with Crippen LogP contribution in [0.25, 0.3) is 0 Å². The summed E-state index contributed by atoms with van der Waals surface area (Å²) < 4.78 is 37.0. The van der Waals surface area contributed by atoms with Gasteiger partial charge in [0.05, 0.1) is 39.1 Å². The summed E-state index contributed by atoms with van der Waals surface area (Å²) in [5.41, 5.74) is 2.63. The van der Waals surface area contributed by atoms with E-state index < -0.39 is 23.3 Å². The third-order valence-corrected chi connectivity index (χ3v) is 8.16. The molecule has 0 spiro atoms. The predicted molar refractivity (Wildman–Crippen MR) is 162 cm³/mol. The Morgan fingerprint density at radius 3 is 2.45 bits per heavy atom. The van der Waals surface area contributed by atoms with Crippen molar-refractivity contribution in [3.05, 3.63) is 46.3 Å². The summed E-state index contributed by atoms with van der Waals surface area (Å²) in [6.45, 7) is 8.05. The second-order valence-corrected chi connectivity index (χ2v) is 12.2. The molecule has 0 amide bonds. The van der Waals surface area contributed by atoms with E-state index in [4.69, 9.17) is 29.2 Å². The van der Waals surface area contributed by atoms with Gasteiger partial charge in [-0.2, -0.15) is 0 Å². The Labute approximate surface area is 256 Å². The number of oxime groups is 1. The minimum atomic E-state index is -0.676. The first-order valence-electron chi connectivity index (χ1n) is 14.6. The molecule has 236 valence electrons. The molecule has 44 heavy (non-hydrogen) atoms.